The molecule has 1 atom stereocenters. The number of nitrogens with zero attached hydrogens (tertiary/aromatic N) is 3. The first-order valence-corrected chi connectivity index (χ1v) is 12.5. The molecule has 4 aromatic rings. The third-order valence-corrected chi connectivity index (χ3v) is 6.91. The Kier molecular flexibility index (Phi) is 6.99. The molecule has 3 aromatic carbocycles. The van der Waals surface area contributed by atoms with Gasteiger partial charge in [-0.25, -0.2) is 9.59 Å². The van der Waals surface area contributed by atoms with E-state index in [2.05, 4.69) is 57.4 Å². The summed E-state index contributed by atoms with van der Waals surface area (Å²) < 4.78 is 1.70. The van der Waals surface area contributed by atoms with Crippen molar-refractivity contribution < 1.29 is 14.7 Å². The summed E-state index contributed by atoms with van der Waals surface area (Å²) in [6.45, 7) is 0.660. The molecule has 3 amide bonds. The maximum Gasteiger partial charge on any atom is 0.407 e. The van der Waals surface area contributed by atoms with E-state index >= 15 is 0 Å². The average Bonchev–Trinajstić information content (AvgIpc) is 3.55. The summed E-state index contributed by atoms with van der Waals surface area (Å²) in [5.41, 5.74) is 2.78. The van der Waals surface area contributed by atoms with Gasteiger partial charge in [0.1, 0.15) is 17.0 Å². The smallest absolute Gasteiger partial charge is 0.407 e. The first-order valence-electron chi connectivity index (χ1n) is 12.5. The summed E-state index contributed by atoms with van der Waals surface area (Å²) >= 11 is 0. The van der Waals surface area contributed by atoms with Gasteiger partial charge in [0.2, 0.25) is 0 Å². The summed E-state index contributed by atoms with van der Waals surface area (Å²) in [6, 6.07) is 29.8. The highest BCUT2D eigenvalue weighted by Crippen LogP contribution is 2.41. The fourth-order valence-electron chi connectivity index (χ4n) is 5.03. The Morgan fingerprint density at radius 2 is 1.42 bits per heavy atom. The van der Waals surface area contributed by atoms with Gasteiger partial charge in [-0.15, -0.1) is 0 Å². The molecule has 5 rings (SSSR count). The number of aryl methyl sites for hydroxylation is 1. The monoisotopic (exact) mass is 510 g/mol. The second kappa shape index (κ2) is 10.7. The largest absolute Gasteiger partial charge is 0.465 e. The van der Waals surface area contributed by atoms with Crippen LogP contribution in [0.15, 0.2) is 97.2 Å². The normalized spacial score (nSPS) is 15.2. The number of hydrogen-bond donors (Lipinski definition) is 4. The Bertz CT molecular complexity index is 1300. The highest BCUT2D eigenvalue weighted by atomic mass is 16.4. The molecule has 0 bridgehead atoms. The lowest BCUT2D eigenvalue weighted by Crippen LogP contribution is -2.41. The molecule has 38 heavy (non-hydrogen) atoms. The molecule has 0 aliphatic carbocycles. The fourth-order valence-corrected chi connectivity index (χ4v) is 5.03. The number of carbonyl (C=O) groups is 2. The van der Waals surface area contributed by atoms with Crippen LogP contribution in [0, 0.1) is 0 Å². The first kappa shape index (κ1) is 24.9. The van der Waals surface area contributed by atoms with Gasteiger partial charge in [0.05, 0.1) is 6.20 Å². The number of hydrogen-bond acceptors (Lipinski definition) is 4. The molecule has 9 nitrogen and oxygen atoms in total. The third-order valence-electron chi connectivity index (χ3n) is 6.91. The standard InChI is InChI=1S/C29H30N6O3/c1-34-26(25(19-30-34)32-27(36)31-24-17-18-35(20-24)28(37)38)33-29(21-11-5-2-6-12-21,22-13-7-3-8-14-22)23-15-9-4-10-16-23/h2-16,19,24,33H,17-18,20H2,1H3,(H,37,38)(H2,31,32,36). The van der Waals surface area contributed by atoms with Gasteiger partial charge in [-0.2, -0.15) is 5.10 Å². The molecule has 1 fully saturated rings. The zero-order valence-corrected chi connectivity index (χ0v) is 21.0. The molecule has 0 saturated carbocycles. The Balaban J connectivity index is 1.51. The van der Waals surface area contributed by atoms with Crippen molar-refractivity contribution >= 4 is 23.6 Å². The van der Waals surface area contributed by atoms with Crippen molar-refractivity contribution in [1.82, 2.24) is 20.0 Å². The number of rotatable bonds is 7. The summed E-state index contributed by atoms with van der Waals surface area (Å²) in [5, 5.41) is 23.2. The number of nitrogens with one attached hydrogen (secondary N) is 3. The van der Waals surface area contributed by atoms with Gasteiger partial charge in [-0.3, -0.25) is 4.68 Å². The Morgan fingerprint density at radius 1 is 0.895 bits per heavy atom. The fraction of sp³-hybridized carbons (Fsp3) is 0.207. The lowest BCUT2D eigenvalue weighted by atomic mass is 9.77. The van der Waals surface area contributed by atoms with Crippen LogP contribution in [0.25, 0.3) is 0 Å². The summed E-state index contributed by atoms with van der Waals surface area (Å²) in [6.07, 6.45) is 1.19. The minimum atomic E-state index is -0.979. The quantitative estimate of drug-likeness (QED) is 0.269. The minimum Gasteiger partial charge on any atom is -0.465 e. The van der Waals surface area contributed by atoms with Crippen molar-refractivity contribution in [3.05, 3.63) is 114 Å². The molecule has 1 aromatic heterocycles. The SMILES string of the molecule is Cn1ncc(NC(=O)NC2CCN(C(=O)O)C2)c1NC(c1ccccc1)(c1ccccc1)c1ccccc1. The predicted molar refractivity (Wildman–Crippen MR) is 146 cm³/mol. The molecular weight excluding hydrogens is 480 g/mol. The van der Waals surface area contributed by atoms with E-state index in [0.717, 1.165) is 16.7 Å². The van der Waals surface area contributed by atoms with Crippen molar-refractivity contribution in [2.75, 3.05) is 23.7 Å². The van der Waals surface area contributed by atoms with Gasteiger partial charge in [0.15, 0.2) is 0 Å². The van der Waals surface area contributed by atoms with Gasteiger partial charge in [-0.05, 0) is 23.1 Å². The number of carboxylic acid groups (broad SMARTS) is 1. The lowest BCUT2D eigenvalue weighted by molar-refractivity contribution is 0.154. The molecule has 1 aliphatic rings. The lowest BCUT2D eigenvalue weighted by Gasteiger charge is -2.38. The van der Waals surface area contributed by atoms with Gasteiger partial charge in [-0.1, -0.05) is 91.0 Å². The molecular formula is C29H30N6O3. The Hall–Kier alpha value is -4.79. The Labute approximate surface area is 221 Å². The summed E-state index contributed by atoms with van der Waals surface area (Å²) in [5.74, 6) is 0.621. The molecule has 9 heteroatoms. The average molecular weight is 511 g/mol. The van der Waals surface area contributed by atoms with Gasteiger partial charge >= 0.3 is 12.1 Å². The van der Waals surface area contributed by atoms with Crippen LogP contribution in [0.1, 0.15) is 23.1 Å². The molecule has 194 valence electrons. The molecule has 0 spiro atoms. The molecule has 1 saturated heterocycles. The number of aromatic nitrogens is 2. The van der Waals surface area contributed by atoms with Gasteiger partial charge in [0.25, 0.3) is 0 Å². The minimum absolute atomic E-state index is 0.253. The van der Waals surface area contributed by atoms with Crippen LogP contribution in [0.2, 0.25) is 0 Å². The highest BCUT2D eigenvalue weighted by molar-refractivity contribution is 5.92. The zero-order chi connectivity index (χ0) is 26.5. The van der Waals surface area contributed by atoms with Crippen molar-refractivity contribution in [3.8, 4) is 0 Å². The third kappa shape index (κ3) is 4.90. The van der Waals surface area contributed by atoms with E-state index < -0.39 is 17.7 Å². The van der Waals surface area contributed by atoms with Crippen molar-refractivity contribution in [2.45, 2.75) is 18.0 Å². The van der Waals surface area contributed by atoms with E-state index in [9.17, 15) is 14.7 Å². The van der Waals surface area contributed by atoms with Gasteiger partial charge < -0.3 is 26.0 Å². The van der Waals surface area contributed by atoms with E-state index in [1.54, 1.807) is 10.9 Å². The van der Waals surface area contributed by atoms with E-state index in [1.807, 2.05) is 61.6 Å². The number of benzene rings is 3. The predicted octanol–water partition coefficient (Wildman–Crippen LogP) is 4.70. The Morgan fingerprint density at radius 3 is 1.89 bits per heavy atom. The van der Waals surface area contributed by atoms with E-state index in [-0.39, 0.29) is 12.6 Å². The highest BCUT2D eigenvalue weighted by Gasteiger charge is 2.38. The van der Waals surface area contributed by atoms with Crippen molar-refractivity contribution in [2.24, 2.45) is 7.05 Å². The topological polar surface area (TPSA) is 112 Å². The second-order valence-corrected chi connectivity index (χ2v) is 9.32. The number of likely N-dealkylation sites (tertiary alicyclic amines) is 1. The van der Waals surface area contributed by atoms with Crippen LogP contribution in [0.3, 0.4) is 0 Å². The van der Waals surface area contributed by atoms with Crippen LogP contribution >= 0.6 is 0 Å². The molecule has 1 aliphatic heterocycles. The zero-order valence-electron chi connectivity index (χ0n) is 21.0. The number of anilines is 2. The van der Waals surface area contributed by atoms with Crippen LogP contribution in [0.4, 0.5) is 21.1 Å². The molecule has 1 unspecified atom stereocenters. The summed E-state index contributed by atoms with van der Waals surface area (Å²) in [4.78, 5) is 25.5. The van der Waals surface area contributed by atoms with Crippen LogP contribution in [0.5, 0.6) is 0 Å². The van der Waals surface area contributed by atoms with E-state index in [1.165, 1.54) is 4.90 Å². The first-order chi connectivity index (χ1) is 18.5. The van der Waals surface area contributed by atoms with Crippen molar-refractivity contribution in [1.29, 1.82) is 0 Å². The van der Waals surface area contributed by atoms with Gasteiger partial charge in [0, 0.05) is 26.2 Å². The maximum absolute atomic E-state index is 12.9. The summed E-state index contributed by atoms with van der Waals surface area (Å²) in [7, 11) is 1.82. The van der Waals surface area contributed by atoms with E-state index in [0.29, 0.717) is 24.5 Å². The van der Waals surface area contributed by atoms with Crippen molar-refractivity contribution in [3.63, 3.8) is 0 Å². The second-order valence-electron chi connectivity index (χ2n) is 9.32. The number of amides is 3. The van der Waals surface area contributed by atoms with Crippen LogP contribution in [-0.4, -0.2) is 51.0 Å². The molecule has 0 radical (unpaired) electrons. The number of urea groups is 1. The molecule has 4 N–H and O–H groups in total. The van der Waals surface area contributed by atoms with E-state index in [4.69, 9.17) is 0 Å². The number of carbonyl (C=O) groups excluding carboxylic acids is 1. The van der Waals surface area contributed by atoms with Crippen LogP contribution in [-0.2, 0) is 12.6 Å². The van der Waals surface area contributed by atoms with Crippen LogP contribution < -0.4 is 16.0 Å². The molecule has 2 heterocycles. The maximum atomic E-state index is 12.9.